The lowest BCUT2D eigenvalue weighted by atomic mass is 10.1. The molecule has 0 unspecified atom stereocenters. The highest BCUT2D eigenvalue weighted by atomic mass is 19.4. The monoisotopic (exact) mass is 415 g/mol. The maximum absolute atomic E-state index is 13.3. The van der Waals surface area contributed by atoms with E-state index in [2.05, 4.69) is 10.00 Å². The molecule has 0 N–H and O–H groups in total. The summed E-state index contributed by atoms with van der Waals surface area (Å²) in [7, 11) is 0. The van der Waals surface area contributed by atoms with E-state index in [0.717, 1.165) is 19.0 Å². The number of hydrogen-bond donors (Lipinski definition) is 0. The van der Waals surface area contributed by atoms with Crippen molar-refractivity contribution in [1.29, 1.82) is 0 Å². The van der Waals surface area contributed by atoms with Gasteiger partial charge in [0, 0.05) is 12.1 Å². The zero-order chi connectivity index (χ0) is 21.0. The molecule has 1 aliphatic rings. The number of nitrogens with zero attached hydrogens (tertiary/aromatic N) is 3. The minimum Gasteiger partial charge on any atom is -0.494 e. The van der Waals surface area contributed by atoms with Crippen molar-refractivity contribution in [2.75, 3.05) is 26.2 Å². The molecule has 0 atom stereocenters. The Morgan fingerprint density at radius 2 is 1.63 bits per heavy atom. The summed E-state index contributed by atoms with van der Waals surface area (Å²) in [4.78, 5) is 2.44. The van der Waals surface area contributed by atoms with E-state index in [4.69, 9.17) is 4.74 Å². The normalized spacial score (nSPS) is 14.9. The summed E-state index contributed by atoms with van der Waals surface area (Å²) in [5, 5.41) is 3.82. The zero-order valence-electron chi connectivity index (χ0n) is 16.6. The number of ether oxygens (including phenoxy) is 1. The van der Waals surface area contributed by atoms with Crippen LogP contribution in [0.4, 0.5) is 13.2 Å². The van der Waals surface area contributed by atoms with Crippen molar-refractivity contribution >= 4 is 0 Å². The van der Waals surface area contributed by atoms with Crippen LogP contribution in [0.1, 0.15) is 25.0 Å². The van der Waals surface area contributed by atoms with Crippen molar-refractivity contribution < 1.29 is 17.9 Å². The van der Waals surface area contributed by atoms with E-state index in [1.54, 1.807) is 48.5 Å². The predicted octanol–water partition coefficient (Wildman–Crippen LogP) is 5.42. The van der Waals surface area contributed by atoms with Gasteiger partial charge in [-0.1, -0.05) is 30.3 Å². The van der Waals surface area contributed by atoms with Crippen molar-refractivity contribution in [3.63, 3.8) is 0 Å². The maximum Gasteiger partial charge on any atom is 0.435 e. The van der Waals surface area contributed by atoms with E-state index in [1.807, 2.05) is 6.07 Å². The molecule has 1 aromatic heterocycles. The van der Waals surface area contributed by atoms with Crippen molar-refractivity contribution in [2.24, 2.45) is 0 Å². The number of halogens is 3. The highest BCUT2D eigenvalue weighted by Gasteiger charge is 2.35. The van der Waals surface area contributed by atoms with Gasteiger partial charge in [0.2, 0.25) is 0 Å². The molecule has 4 rings (SSSR count). The van der Waals surface area contributed by atoms with Gasteiger partial charge in [-0.2, -0.15) is 18.3 Å². The lowest BCUT2D eigenvalue weighted by Crippen LogP contribution is -2.21. The molecular formula is C23H24F3N3O. The third kappa shape index (κ3) is 4.84. The Labute approximate surface area is 173 Å². The average Bonchev–Trinajstić information content (AvgIpc) is 3.42. The first-order valence-corrected chi connectivity index (χ1v) is 10.2. The third-order valence-corrected chi connectivity index (χ3v) is 5.24. The van der Waals surface area contributed by atoms with Crippen LogP contribution >= 0.6 is 0 Å². The van der Waals surface area contributed by atoms with Crippen molar-refractivity contribution in [2.45, 2.75) is 25.4 Å². The molecule has 158 valence electrons. The Bertz CT molecular complexity index is 946. The molecule has 0 amide bonds. The summed E-state index contributed by atoms with van der Waals surface area (Å²) in [6.07, 6.45) is -1.01. The number of aromatic nitrogens is 2. The van der Waals surface area contributed by atoms with Gasteiger partial charge in [-0.15, -0.1) is 0 Å². The van der Waals surface area contributed by atoms with Gasteiger partial charge in [-0.25, -0.2) is 4.68 Å². The first-order valence-electron chi connectivity index (χ1n) is 10.2. The van der Waals surface area contributed by atoms with E-state index in [-0.39, 0.29) is 0 Å². The van der Waals surface area contributed by atoms with E-state index >= 15 is 0 Å². The number of benzene rings is 2. The van der Waals surface area contributed by atoms with Gasteiger partial charge < -0.3 is 9.64 Å². The molecule has 7 heteroatoms. The first-order chi connectivity index (χ1) is 14.5. The number of alkyl halides is 3. The second-order valence-corrected chi connectivity index (χ2v) is 7.44. The summed E-state index contributed by atoms with van der Waals surface area (Å²) in [6, 6.07) is 17.0. The summed E-state index contributed by atoms with van der Waals surface area (Å²) < 4.78 is 46.9. The summed E-state index contributed by atoms with van der Waals surface area (Å²) in [5.74, 6) is 0.699. The Hall–Kier alpha value is -2.80. The van der Waals surface area contributed by atoms with Crippen LogP contribution in [0.5, 0.6) is 5.75 Å². The van der Waals surface area contributed by atoms with Crippen molar-refractivity contribution in [3.05, 3.63) is 66.4 Å². The maximum atomic E-state index is 13.3. The predicted molar refractivity (Wildman–Crippen MR) is 110 cm³/mol. The van der Waals surface area contributed by atoms with E-state index in [9.17, 15) is 13.2 Å². The van der Waals surface area contributed by atoms with Gasteiger partial charge >= 0.3 is 6.18 Å². The van der Waals surface area contributed by atoms with Gasteiger partial charge in [0.25, 0.3) is 0 Å². The Balaban J connectivity index is 1.48. The van der Waals surface area contributed by atoms with Crippen LogP contribution in [0, 0.1) is 0 Å². The molecule has 0 spiro atoms. The summed E-state index contributed by atoms with van der Waals surface area (Å²) in [6.45, 7) is 3.99. The smallest absolute Gasteiger partial charge is 0.435 e. The fraction of sp³-hybridized carbons (Fsp3) is 0.348. The molecule has 2 heterocycles. The Kier molecular flexibility index (Phi) is 6.08. The SMILES string of the molecule is FC(F)(F)c1cc(-c2ccccc2)n(-c2ccc(OCCCN3CCCC3)cc2)n1. The van der Waals surface area contributed by atoms with Gasteiger partial charge in [0.05, 0.1) is 18.0 Å². The van der Waals surface area contributed by atoms with E-state index < -0.39 is 11.9 Å². The fourth-order valence-electron chi connectivity index (χ4n) is 3.70. The lowest BCUT2D eigenvalue weighted by molar-refractivity contribution is -0.141. The minimum atomic E-state index is -4.51. The second-order valence-electron chi connectivity index (χ2n) is 7.44. The molecule has 30 heavy (non-hydrogen) atoms. The zero-order valence-corrected chi connectivity index (χ0v) is 16.6. The van der Waals surface area contributed by atoms with Crippen LogP contribution in [0.25, 0.3) is 16.9 Å². The van der Waals surface area contributed by atoms with Gasteiger partial charge in [0.15, 0.2) is 5.69 Å². The molecule has 1 saturated heterocycles. The van der Waals surface area contributed by atoms with Crippen LogP contribution in [-0.4, -0.2) is 40.9 Å². The Morgan fingerprint density at radius 3 is 2.30 bits per heavy atom. The number of likely N-dealkylation sites (tertiary alicyclic amines) is 1. The van der Waals surface area contributed by atoms with Gasteiger partial charge in [0.1, 0.15) is 5.75 Å². The summed E-state index contributed by atoms with van der Waals surface area (Å²) >= 11 is 0. The quantitative estimate of drug-likeness (QED) is 0.483. The minimum absolute atomic E-state index is 0.391. The number of rotatable bonds is 7. The van der Waals surface area contributed by atoms with Crippen LogP contribution in [-0.2, 0) is 6.18 Å². The van der Waals surface area contributed by atoms with Crippen LogP contribution in [0.2, 0.25) is 0 Å². The average molecular weight is 415 g/mol. The van der Waals surface area contributed by atoms with E-state index in [0.29, 0.717) is 29.3 Å². The highest BCUT2D eigenvalue weighted by molar-refractivity contribution is 5.63. The fourth-order valence-corrected chi connectivity index (χ4v) is 3.70. The third-order valence-electron chi connectivity index (χ3n) is 5.24. The standard InChI is InChI=1S/C23H24F3N3O/c24-23(25,26)22-17-21(18-7-2-1-3-8-18)29(27-22)19-9-11-20(12-10-19)30-16-6-15-28-13-4-5-14-28/h1-3,7-12,17H,4-6,13-16H2. The second kappa shape index (κ2) is 8.92. The van der Waals surface area contributed by atoms with Gasteiger partial charge in [-0.3, -0.25) is 0 Å². The highest BCUT2D eigenvalue weighted by Crippen LogP contribution is 2.33. The molecule has 0 saturated carbocycles. The first kappa shape index (κ1) is 20.5. The van der Waals surface area contributed by atoms with Crippen molar-refractivity contribution in [3.8, 4) is 22.7 Å². The van der Waals surface area contributed by atoms with E-state index in [1.165, 1.54) is 30.6 Å². The molecule has 1 fully saturated rings. The molecule has 2 aromatic carbocycles. The molecule has 0 bridgehead atoms. The molecule has 0 aliphatic carbocycles. The van der Waals surface area contributed by atoms with Crippen LogP contribution in [0.15, 0.2) is 60.7 Å². The molecule has 3 aromatic rings. The van der Waals surface area contributed by atoms with Crippen molar-refractivity contribution in [1.82, 2.24) is 14.7 Å². The Morgan fingerprint density at radius 1 is 0.933 bits per heavy atom. The lowest BCUT2D eigenvalue weighted by Gasteiger charge is -2.14. The number of hydrogen-bond acceptors (Lipinski definition) is 3. The molecule has 0 radical (unpaired) electrons. The summed E-state index contributed by atoms with van der Waals surface area (Å²) in [5.41, 5.74) is 0.697. The largest absolute Gasteiger partial charge is 0.494 e. The molecule has 1 aliphatic heterocycles. The van der Waals surface area contributed by atoms with Crippen LogP contribution in [0.3, 0.4) is 0 Å². The molecule has 4 nitrogen and oxygen atoms in total. The van der Waals surface area contributed by atoms with Gasteiger partial charge in [-0.05, 0) is 62.7 Å². The molecular weight excluding hydrogens is 391 g/mol. The van der Waals surface area contributed by atoms with Crippen LogP contribution < -0.4 is 4.74 Å². The topological polar surface area (TPSA) is 30.3 Å².